The number of aryl methyl sites for hydroxylation is 1. The van der Waals surface area contributed by atoms with Crippen LogP contribution >= 0.6 is 0 Å². The molecule has 0 aliphatic heterocycles. The molecule has 92 valence electrons. The first-order chi connectivity index (χ1) is 7.95. The number of rotatable bonds is 3. The van der Waals surface area contributed by atoms with E-state index in [1.807, 2.05) is 0 Å². The summed E-state index contributed by atoms with van der Waals surface area (Å²) in [6, 6.07) is 4.32. The molecule has 0 unspecified atom stereocenters. The van der Waals surface area contributed by atoms with E-state index >= 15 is 0 Å². The highest BCUT2D eigenvalue weighted by atomic mass is 19.1. The molecule has 0 aromatic heterocycles. The van der Waals surface area contributed by atoms with Crippen LogP contribution in [-0.2, 0) is 9.53 Å². The second-order valence-corrected chi connectivity index (χ2v) is 3.72. The number of carbonyl (C=O) groups excluding carboxylic acids is 2. The van der Waals surface area contributed by atoms with E-state index in [2.05, 4.69) is 4.74 Å². The van der Waals surface area contributed by atoms with Crippen LogP contribution < -0.4 is 0 Å². The third-order valence-electron chi connectivity index (χ3n) is 2.30. The van der Waals surface area contributed by atoms with Gasteiger partial charge in [0.2, 0.25) is 0 Å². The van der Waals surface area contributed by atoms with E-state index in [9.17, 15) is 14.0 Å². The van der Waals surface area contributed by atoms with Gasteiger partial charge in [0, 0.05) is 7.05 Å². The highest BCUT2D eigenvalue weighted by molar-refractivity contribution is 5.96. The Morgan fingerprint density at radius 3 is 2.59 bits per heavy atom. The van der Waals surface area contributed by atoms with Crippen LogP contribution in [0.15, 0.2) is 18.2 Å². The van der Waals surface area contributed by atoms with Crippen LogP contribution in [0.5, 0.6) is 0 Å². The van der Waals surface area contributed by atoms with Crippen molar-refractivity contribution >= 4 is 11.9 Å². The van der Waals surface area contributed by atoms with E-state index in [1.165, 1.54) is 26.3 Å². The van der Waals surface area contributed by atoms with Gasteiger partial charge in [-0.05, 0) is 24.6 Å². The number of likely N-dealkylation sites (N-methyl/N-ethyl adjacent to an activating group) is 1. The molecule has 0 saturated heterocycles. The molecule has 1 aromatic rings. The van der Waals surface area contributed by atoms with Gasteiger partial charge in [-0.25, -0.2) is 4.39 Å². The van der Waals surface area contributed by atoms with Gasteiger partial charge in [0.1, 0.15) is 12.4 Å². The van der Waals surface area contributed by atoms with Crippen molar-refractivity contribution in [3.8, 4) is 0 Å². The number of hydrogen-bond donors (Lipinski definition) is 0. The number of hydrogen-bond acceptors (Lipinski definition) is 3. The van der Waals surface area contributed by atoms with Gasteiger partial charge >= 0.3 is 5.97 Å². The molecule has 5 heteroatoms. The molecule has 1 amide bonds. The third-order valence-corrected chi connectivity index (χ3v) is 2.30. The lowest BCUT2D eigenvalue weighted by molar-refractivity contribution is -0.141. The minimum Gasteiger partial charge on any atom is -0.468 e. The maximum absolute atomic E-state index is 13.5. The minimum atomic E-state index is -0.591. The molecule has 0 bridgehead atoms. The standard InChI is InChI=1S/C12H14FNO3/c1-8-4-5-9(10(13)6-8)12(16)14(2)7-11(15)17-3/h4-6H,7H2,1-3H3. The zero-order valence-electron chi connectivity index (χ0n) is 9.99. The van der Waals surface area contributed by atoms with Gasteiger partial charge in [-0.3, -0.25) is 9.59 Å². The predicted octanol–water partition coefficient (Wildman–Crippen LogP) is 1.38. The van der Waals surface area contributed by atoms with Crippen LogP contribution in [0.2, 0.25) is 0 Å². The van der Waals surface area contributed by atoms with E-state index in [0.29, 0.717) is 0 Å². The molecule has 0 N–H and O–H groups in total. The minimum absolute atomic E-state index is 0.0537. The molecule has 0 spiro atoms. The smallest absolute Gasteiger partial charge is 0.325 e. The molecule has 0 heterocycles. The van der Waals surface area contributed by atoms with Crippen LogP contribution in [0, 0.1) is 12.7 Å². The Balaban J connectivity index is 2.85. The van der Waals surface area contributed by atoms with Crippen LogP contribution in [0.1, 0.15) is 15.9 Å². The molecule has 0 saturated carbocycles. The van der Waals surface area contributed by atoms with Gasteiger partial charge in [0.25, 0.3) is 5.91 Å². The van der Waals surface area contributed by atoms with Gasteiger partial charge in [-0.1, -0.05) is 6.07 Å². The normalized spacial score (nSPS) is 9.88. The predicted molar refractivity (Wildman–Crippen MR) is 60.1 cm³/mol. The molecule has 17 heavy (non-hydrogen) atoms. The number of amides is 1. The zero-order valence-corrected chi connectivity index (χ0v) is 9.99. The number of methoxy groups -OCH3 is 1. The van der Waals surface area contributed by atoms with E-state index in [1.54, 1.807) is 13.0 Å². The summed E-state index contributed by atoms with van der Waals surface area (Å²) in [6.07, 6.45) is 0. The Morgan fingerprint density at radius 1 is 1.41 bits per heavy atom. The molecule has 0 atom stereocenters. The summed E-state index contributed by atoms with van der Waals surface area (Å²) in [5, 5.41) is 0. The Bertz CT molecular complexity index is 445. The fourth-order valence-corrected chi connectivity index (χ4v) is 1.33. The van der Waals surface area contributed by atoms with Crippen LogP contribution in [0.3, 0.4) is 0 Å². The number of carbonyl (C=O) groups is 2. The number of halogens is 1. The molecule has 4 nitrogen and oxygen atoms in total. The third kappa shape index (κ3) is 3.27. The van der Waals surface area contributed by atoms with E-state index in [-0.39, 0.29) is 12.1 Å². The Labute approximate surface area is 99.0 Å². The van der Waals surface area contributed by atoms with E-state index in [4.69, 9.17) is 0 Å². The Morgan fingerprint density at radius 2 is 2.06 bits per heavy atom. The van der Waals surface area contributed by atoms with E-state index < -0.39 is 17.7 Å². The molecule has 0 aliphatic rings. The summed E-state index contributed by atoms with van der Waals surface area (Å²) < 4.78 is 17.9. The summed E-state index contributed by atoms with van der Waals surface area (Å²) in [5.41, 5.74) is 0.677. The largest absolute Gasteiger partial charge is 0.468 e. The van der Waals surface area contributed by atoms with Crippen molar-refractivity contribution < 1.29 is 18.7 Å². The van der Waals surface area contributed by atoms with Gasteiger partial charge in [-0.15, -0.1) is 0 Å². The van der Waals surface area contributed by atoms with Gasteiger partial charge in [0.05, 0.1) is 12.7 Å². The van der Waals surface area contributed by atoms with Crippen molar-refractivity contribution in [1.82, 2.24) is 4.90 Å². The number of ether oxygens (including phenoxy) is 1. The highest BCUT2D eigenvalue weighted by Gasteiger charge is 2.18. The first-order valence-electron chi connectivity index (χ1n) is 5.04. The Kier molecular flexibility index (Phi) is 4.20. The molecule has 0 aliphatic carbocycles. The van der Waals surface area contributed by atoms with Crippen molar-refractivity contribution in [2.75, 3.05) is 20.7 Å². The molecule has 0 fully saturated rings. The maximum atomic E-state index is 13.5. The molecule has 1 rings (SSSR count). The highest BCUT2D eigenvalue weighted by Crippen LogP contribution is 2.11. The monoisotopic (exact) mass is 239 g/mol. The number of esters is 1. The summed E-state index contributed by atoms with van der Waals surface area (Å²) in [7, 11) is 2.64. The molecular weight excluding hydrogens is 225 g/mol. The first-order valence-corrected chi connectivity index (χ1v) is 5.04. The molecule has 1 aromatic carbocycles. The second-order valence-electron chi connectivity index (χ2n) is 3.72. The number of nitrogens with zero attached hydrogens (tertiary/aromatic N) is 1. The van der Waals surface area contributed by atoms with Crippen LogP contribution in [0.25, 0.3) is 0 Å². The number of benzene rings is 1. The van der Waals surface area contributed by atoms with Crippen molar-refractivity contribution in [2.45, 2.75) is 6.92 Å². The SMILES string of the molecule is COC(=O)CN(C)C(=O)c1ccc(C)cc1F. The average molecular weight is 239 g/mol. The maximum Gasteiger partial charge on any atom is 0.325 e. The lowest BCUT2D eigenvalue weighted by Gasteiger charge is -2.16. The summed E-state index contributed by atoms with van der Waals surface area (Å²) in [5.74, 6) is -1.69. The first kappa shape index (κ1) is 13.2. The van der Waals surface area contributed by atoms with Crippen LogP contribution in [-0.4, -0.2) is 37.5 Å². The topological polar surface area (TPSA) is 46.6 Å². The van der Waals surface area contributed by atoms with Gasteiger partial charge < -0.3 is 9.64 Å². The fraction of sp³-hybridized carbons (Fsp3) is 0.333. The lowest BCUT2D eigenvalue weighted by Crippen LogP contribution is -2.33. The zero-order chi connectivity index (χ0) is 13.0. The Hall–Kier alpha value is -1.91. The molecular formula is C12H14FNO3. The van der Waals surface area contributed by atoms with Crippen molar-refractivity contribution in [2.24, 2.45) is 0 Å². The van der Waals surface area contributed by atoms with Gasteiger partial charge in [-0.2, -0.15) is 0 Å². The summed E-state index contributed by atoms with van der Waals surface area (Å²) in [6.45, 7) is 1.53. The van der Waals surface area contributed by atoms with Crippen LogP contribution in [0.4, 0.5) is 4.39 Å². The quantitative estimate of drug-likeness (QED) is 0.749. The summed E-state index contributed by atoms with van der Waals surface area (Å²) >= 11 is 0. The van der Waals surface area contributed by atoms with Gasteiger partial charge in [0.15, 0.2) is 0 Å². The average Bonchev–Trinajstić information content (AvgIpc) is 2.28. The van der Waals surface area contributed by atoms with Crippen molar-refractivity contribution in [3.63, 3.8) is 0 Å². The second kappa shape index (κ2) is 5.43. The summed E-state index contributed by atoms with van der Waals surface area (Å²) in [4.78, 5) is 23.9. The molecule has 0 radical (unpaired) electrons. The fourth-order valence-electron chi connectivity index (χ4n) is 1.33. The van der Waals surface area contributed by atoms with E-state index in [0.717, 1.165) is 10.5 Å². The van der Waals surface area contributed by atoms with Crippen molar-refractivity contribution in [3.05, 3.63) is 35.1 Å². The lowest BCUT2D eigenvalue weighted by atomic mass is 10.1. The van der Waals surface area contributed by atoms with Crippen molar-refractivity contribution in [1.29, 1.82) is 0 Å².